The van der Waals surface area contributed by atoms with E-state index in [0.29, 0.717) is 5.92 Å². The highest BCUT2D eigenvalue weighted by molar-refractivity contribution is 5.86. The Morgan fingerprint density at radius 3 is 3.30 bits per heavy atom. The van der Waals surface area contributed by atoms with Crippen molar-refractivity contribution in [3.8, 4) is 0 Å². The van der Waals surface area contributed by atoms with Gasteiger partial charge in [-0.25, -0.2) is 5.43 Å². The minimum absolute atomic E-state index is 0.116. The van der Waals surface area contributed by atoms with Gasteiger partial charge in [0.2, 0.25) is 5.91 Å². The van der Waals surface area contributed by atoms with Gasteiger partial charge in [-0.2, -0.15) is 5.10 Å². The fourth-order valence-corrected chi connectivity index (χ4v) is 1.77. The lowest BCUT2D eigenvalue weighted by Gasteiger charge is -2.17. The van der Waals surface area contributed by atoms with Crippen LogP contribution in [0.2, 0.25) is 0 Å². The minimum Gasteiger partial charge on any atom is -0.273 e. The molecule has 0 bridgehead atoms. The summed E-state index contributed by atoms with van der Waals surface area (Å²) in [7, 11) is 0. The molecule has 0 spiro atoms. The topological polar surface area (TPSA) is 41.5 Å². The fraction of sp³-hybridized carbons (Fsp3) is 0.714. The summed E-state index contributed by atoms with van der Waals surface area (Å²) in [5, 5.41) is 3.78. The third-order valence-electron chi connectivity index (χ3n) is 2.35. The predicted octanol–water partition coefficient (Wildman–Crippen LogP) is 0.518. The van der Waals surface area contributed by atoms with Crippen LogP contribution in [0.4, 0.5) is 0 Å². The lowest BCUT2D eigenvalue weighted by atomic mass is 9.96. The molecule has 0 radical (unpaired) electrons. The molecule has 54 valence electrons. The highest BCUT2D eigenvalue weighted by Gasteiger charge is 2.33. The average molecular weight is 138 g/mol. The first-order valence-corrected chi connectivity index (χ1v) is 3.71. The minimum atomic E-state index is 0.116. The number of carbonyl (C=O) groups is 1. The van der Waals surface area contributed by atoms with Crippen molar-refractivity contribution < 1.29 is 4.79 Å². The maximum Gasteiger partial charge on any atom is 0.243 e. The molecule has 10 heavy (non-hydrogen) atoms. The molecule has 2 aliphatic rings. The van der Waals surface area contributed by atoms with Crippen LogP contribution in [-0.2, 0) is 4.79 Å². The molecule has 1 fully saturated rings. The molecule has 1 saturated carbocycles. The summed E-state index contributed by atoms with van der Waals surface area (Å²) in [5.74, 6) is 0.788. The quantitative estimate of drug-likeness (QED) is 0.521. The Kier molecular flexibility index (Phi) is 1.22. The van der Waals surface area contributed by atoms with Crippen molar-refractivity contribution in [2.24, 2.45) is 16.9 Å². The Labute approximate surface area is 59.5 Å². The summed E-state index contributed by atoms with van der Waals surface area (Å²) in [6.45, 7) is 0. The molecule has 2 rings (SSSR count). The molecule has 0 aromatic carbocycles. The molecular formula is C7H10N2O. The molecule has 3 nitrogen and oxygen atoms in total. The number of carbonyl (C=O) groups excluding carboxylic acids is 1. The Balaban J connectivity index is 2.22. The van der Waals surface area contributed by atoms with Crippen molar-refractivity contribution in [1.29, 1.82) is 0 Å². The molecule has 2 unspecified atom stereocenters. The van der Waals surface area contributed by atoms with Gasteiger partial charge in [-0.1, -0.05) is 6.42 Å². The molecule has 1 N–H and O–H groups in total. The second-order valence-electron chi connectivity index (χ2n) is 2.96. The lowest BCUT2D eigenvalue weighted by Crippen LogP contribution is -2.34. The Hall–Kier alpha value is -0.860. The lowest BCUT2D eigenvalue weighted by molar-refractivity contribution is -0.125. The number of nitrogens with one attached hydrogen (secondary N) is 1. The molecule has 3 heteroatoms. The van der Waals surface area contributed by atoms with E-state index in [1.807, 2.05) is 6.21 Å². The summed E-state index contributed by atoms with van der Waals surface area (Å²) < 4.78 is 0. The van der Waals surface area contributed by atoms with E-state index >= 15 is 0 Å². The van der Waals surface area contributed by atoms with Crippen molar-refractivity contribution >= 4 is 12.1 Å². The van der Waals surface area contributed by atoms with E-state index in [2.05, 4.69) is 10.5 Å². The van der Waals surface area contributed by atoms with Gasteiger partial charge < -0.3 is 0 Å². The number of hydrazone groups is 1. The fourth-order valence-electron chi connectivity index (χ4n) is 1.77. The highest BCUT2D eigenvalue weighted by atomic mass is 16.2. The smallest absolute Gasteiger partial charge is 0.243 e. The first kappa shape index (κ1) is 5.89. The molecule has 0 aromatic rings. The largest absolute Gasteiger partial charge is 0.273 e. The third-order valence-corrected chi connectivity index (χ3v) is 2.35. The van der Waals surface area contributed by atoms with E-state index in [1.165, 1.54) is 6.42 Å². The first-order chi connectivity index (χ1) is 4.88. The molecule has 0 aromatic heterocycles. The molecule has 1 aliphatic carbocycles. The van der Waals surface area contributed by atoms with Crippen LogP contribution in [0, 0.1) is 11.8 Å². The summed E-state index contributed by atoms with van der Waals surface area (Å²) in [4.78, 5) is 11.1. The third kappa shape index (κ3) is 0.735. The number of fused-ring (bicyclic) bond motifs is 1. The number of nitrogens with zero attached hydrogens (tertiary/aromatic N) is 1. The zero-order chi connectivity index (χ0) is 6.97. The molecule has 0 saturated heterocycles. The molecule has 1 heterocycles. The normalized spacial score (nSPS) is 37.4. The van der Waals surface area contributed by atoms with E-state index < -0.39 is 0 Å². The second-order valence-corrected chi connectivity index (χ2v) is 2.96. The van der Waals surface area contributed by atoms with E-state index in [1.54, 1.807) is 0 Å². The predicted molar refractivity (Wildman–Crippen MR) is 37.5 cm³/mol. The van der Waals surface area contributed by atoms with Crippen molar-refractivity contribution in [3.63, 3.8) is 0 Å². The van der Waals surface area contributed by atoms with Crippen LogP contribution in [0.1, 0.15) is 19.3 Å². The van der Waals surface area contributed by atoms with E-state index in [4.69, 9.17) is 0 Å². The summed E-state index contributed by atoms with van der Waals surface area (Å²) in [6, 6.07) is 0. The van der Waals surface area contributed by atoms with Gasteiger partial charge in [-0.3, -0.25) is 4.79 Å². The van der Waals surface area contributed by atoms with Crippen LogP contribution < -0.4 is 5.43 Å². The molecular weight excluding hydrogens is 128 g/mol. The van der Waals surface area contributed by atoms with Gasteiger partial charge >= 0.3 is 0 Å². The van der Waals surface area contributed by atoms with Gasteiger partial charge in [0, 0.05) is 18.1 Å². The Morgan fingerprint density at radius 1 is 1.60 bits per heavy atom. The van der Waals surface area contributed by atoms with Crippen LogP contribution in [-0.4, -0.2) is 12.1 Å². The van der Waals surface area contributed by atoms with Gasteiger partial charge in [0.05, 0.1) is 0 Å². The number of rotatable bonds is 0. The van der Waals surface area contributed by atoms with Crippen molar-refractivity contribution in [1.82, 2.24) is 5.43 Å². The van der Waals surface area contributed by atoms with Crippen molar-refractivity contribution in [2.75, 3.05) is 0 Å². The number of amides is 1. The summed E-state index contributed by atoms with van der Waals surface area (Å²) in [5.41, 5.74) is 2.48. The second kappa shape index (κ2) is 2.08. The van der Waals surface area contributed by atoms with Gasteiger partial charge in [0.15, 0.2) is 0 Å². The zero-order valence-electron chi connectivity index (χ0n) is 5.71. The van der Waals surface area contributed by atoms with E-state index in [0.717, 1.165) is 12.8 Å². The Bertz CT molecular complexity index is 188. The summed E-state index contributed by atoms with van der Waals surface area (Å²) >= 11 is 0. The van der Waals surface area contributed by atoms with Crippen LogP contribution in [0.15, 0.2) is 5.10 Å². The van der Waals surface area contributed by atoms with Crippen molar-refractivity contribution in [2.45, 2.75) is 19.3 Å². The van der Waals surface area contributed by atoms with E-state index in [-0.39, 0.29) is 11.8 Å². The monoisotopic (exact) mass is 138 g/mol. The van der Waals surface area contributed by atoms with Gasteiger partial charge in [-0.05, 0) is 12.8 Å². The summed E-state index contributed by atoms with van der Waals surface area (Å²) in [6.07, 6.45) is 5.23. The van der Waals surface area contributed by atoms with Crippen LogP contribution in [0.25, 0.3) is 0 Å². The first-order valence-electron chi connectivity index (χ1n) is 3.71. The van der Waals surface area contributed by atoms with Gasteiger partial charge in [0.1, 0.15) is 0 Å². The van der Waals surface area contributed by atoms with Gasteiger partial charge in [-0.15, -0.1) is 0 Å². The SMILES string of the molecule is O=C1NN=CC2CCCC12. The highest BCUT2D eigenvalue weighted by Crippen LogP contribution is 2.31. The number of hydrogen-bond acceptors (Lipinski definition) is 2. The maximum atomic E-state index is 11.1. The zero-order valence-corrected chi connectivity index (χ0v) is 5.71. The van der Waals surface area contributed by atoms with Gasteiger partial charge in [0.25, 0.3) is 0 Å². The number of hydrogen-bond donors (Lipinski definition) is 1. The average Bonchev–Trinajstić information content (AvgIpc) is 2.36. The maximum absolute atomic E-state index is 11.1. The molecule has 1 aliphatic heterocycles. The van der Waals surface area contributed by atoms with Crippen LogP contribution in [0.3, 0.4) is 0 Å². The Morgan fingerprint density at radius 2 is 2.50 bits per heavy atom. The van der Waals surface area contributed by atoms with Crippen LogP contribution in [0.5, 0.6) is 0 Å². The van der Waals surface area contributed by atoms with Crippen LogP contribution >= 0.6 is 0 Å². The molecule has 1 amide bonds. The van der Waals surface area contributed by atoms with E-state index in [9.17, 15) is 4.79 Å². The molecule has 2 atom stereocenters. The standard InChI is InChI=1S/C7H10N2O/c10-7-6-3-1-2-5(6)4-8-9-7/h4-6H,1-3H2,(H,9,10). The van der Waals surface area contributed by atoms with Crippen molar-refractivity contribution in [3.05, 3.63) is 0 Å².